The Morgan fingerprint density at radius 1 is 1.19 bits per heavy atom. The third-order valence-electron chi connectivity index (χ3n) is 6.68. The van der Waals surface area contributed by atoms with Crippen molar-refractivity contribution in [2.24, 2.45) is 0 Å². The van der Waals surface area contributed by atoms with Gasteiger partial charge in [-0.05, 0) is 53.6 Å². The van der Waals surface area contributed by atoms with Crippen molar-refractivity contribution in [2.75, 3.05) is 18.0 Å². The number of benzene rings is 1. The van der Waals surface area contributed by atoms with Gasteiger partial charge in [-0.25, -0.2) is 0 Å². The summed E-state index contributed by atoms with van der Waals surface area (Å²) < 4.78 is 1.46. The van der Waals surface area contributed by atoms with Gasteiger partial charge in [0, 0.05) is 36.0 Å². The molecule has 0 atom stereocenters. The molecule has 0 fully saturated rings. The van der Waals surface area contributed by atoms with Gasteiger partial charge in [0.15, 0.2) is 3.95 Å². The molecule has 2 aliphatic rings. The molecule has 6 nitrogen and oxygen atoms in total. The number of carbonyl (C=O) groups is 1. The lowest BCUT2D eigenvalue weighted by Crippen LogP contribution is -2.44. The van der Waals surface area contributed by atoms with E-state index in [9.17, 15) is 15.0 Å². The number of aliphatic carboxylic acids is 1. The third kappa shape index (κ3) is 3.76. The fourth-order valence-electron chi connectivity index (χ4n) is 4.69. The number of hydrogen-bond donors (Lipinski definition) is 3. The number of thiazole rings is 1. The van der Waals surface area contributed by atoms with E-state index in [2.05, 4.69) is 44.4 Å². The van der Waals surface area contributed by atoms with Crippen LogP contribution in [0.15, 0.2) is 11.8 Å². The Morgan fingerprint density at radius 2 is 1.84 bits per heavy atom. The first kappa shape index (κ1) is 22.6. The summed E-state index contributed by atoms with van der Waals surface area (Å²) in [6, 6.07) is 2.06. The highest BCUT2D eigenvalue weighted by atomic mass is 32.1. The van der Waals surface area contributed by atoms with E-state index in [-0.39, 0.29) is 26.4 Å². The second kappa shape index (κ2) is 7.80. The molecule has 3 heterocycles. The van der Waals surface area contributed by atoms with Crippen LogP contribution in [0, 0.1) is 3.95 Å². The normalized spacial score (nSPS) is 17.9. The Kier molecular flexibility index (Phi) is 5.52. The number of nitrogens with zero attached hydrogens (tertiary/aromatic N) is 2. The van der Waals surface area contributed by atoms with E-state index < -0.39 is 12.5 Å². The highest BCUT2D eigenvalue weighted by molar-refractivity contribution is 7.73. The largest absolute Gasteiger partial charge is 0.507 e. The van der Waals surface area contributed by atoms with Crippen molar-refractivity contribution in [3.63, 3.8) is 0 Å². The molecule has 0 radical (unpaired) electrons. The predicted octanol–water partition coefficient (Wildman–Crippen LogP) is 5.27. The minimum atomic E-state index is -1.08. The minimum Gasteiger partial charge on any atom is -0.507 e. The SMILES string of the molecule is CC1(C)CCN2CCC(C)(C)c3c(O)c(C=C=Cc4sc(=S)n(CC(=O)O)c4O)cc1c32. The molecule has 2 aliphatic heterocycles. The third-order valence-corrected chi connectivity index (χ3v) is 8.06. The summed E-state index contributed by atoms with van der Waals surface area (Å²) in [4.78, 5) is 13.8. The second-order valence-corrected chi connectivity index (χ2v) is 11.5. The molecule has 4 rings (SSSR count). The Bertz CT molecular complexity index is 1230. The van der Waals surface area contributed by atoms with E-state index in [1.807, 2.05) is 0 Å². The van der Waals surface area contributed by atoms with Gasteiger partial charge >= 0.3 is 5.97 Å². The molecule has 3 N–H and O–H groups in total. The van der Waals surface area contributed by atoms with Crippen molar-refractivity contribution in [3.8, 4) is 11.6 Å². The average molecular weight is 473 g/mol. The van der Waals surface area contributed by atoms with E-state index in [1.165, 1.54) is 15.8 Å². The number of rotatable bonds is 4. The summed E-state index contributed by atoms with van der Waals surface area (Å²) in [5.41, 5.74) is 7.01. The smallest absolute Gasteiger partial charge is 0.323 e. The average Bonchev–Trinajstić information content (AvgIpc) is 2.95. The fraction of sp³-hybridized carbons (Fsp3) is 0.458. The van der Waals surface area contributed by atoms with Crippen LogP contribution in [0.25, 0.3) is 12.2 Å². The first-order chi connectivity index (χ1) is 14.9. The quantitative estimate of drug-likeness (QED) is 0.415. The summed E-state index contributed by atoms with van der Waals surface area (Å²) in [6.45, 7) is 10.5. The van der Waals surface area contributed by atoms with Crippen molar-refractivity contribution in [1.29, 1.82) is 0 Å². The van der Waals surface area contributed by atoms with E-state index in [1.54, 1.807) is 12.2 Å². The Morgan fingerprint density at radius 3 is 2.50 bits per heavy atom. The molecule has 0 saturated carbocycles. The summed E-state index contributed by atoms with van der Waals surface area (Å²) >= 11 is 6.29. The van der Waals surface area contributed by atoms with Gasteiger partial charge in [-0.2, -0.15) is 0 Å². The molecule has 1 aromatic heterocycles. The van der Waals surface area contributed by atoms with Crippen LogP contribution in [0.4, 0.5) is 5.69 Å². The molecule has 0 unspecified atom stereocenters. The van der Waals surface area contributed by atoms with Crippen LogP contribution in [0.2, 0.25) is 0 Å². The van der Waals surface area contributed by atoms with Crippen LogP contribution in [0.3, 0.4) is 0 Å². The first-order valence-electron chi connectivity index (χ1n) is 10.6. The number of phenolic OH excluding ortho intramolecular Hbond substituents is 1. The number of phenols is 1. The van der Waals surface area contributed by atoms with Crippen molar-refractivity contribution < 1.29 is 20.1 Å². The van der Waals surface area contributed by atoms with Gasteiger partial charge in [-0.1, -0.05) is 27.7 Å². The van der Waals surface area contributed by atoms with Crippen LogP contribution in [0.5, 0.6) is 11.6 Å². The van der Waals surface area contributed by atoms with Crippen molar-refractivity contribution >= 4 is 47.4 Å². The lowest BCUT2D eigenvalue weighted by atomic mass is 9.68. The highest BCUT2D eigenvalue weighted by Gasteiger charge is 2.42. The number of anilines is 1. The zero-order valence-electron chi connectivity index (χ0n) is 18.7. The van der Waals surface area contributed by atoms with Gasteiger partial charge in [-0.3, -0.25) is 9.36 Å². The van der Waals surface area contributed by atoms with Crippen LogP contribution in [-0.2, 0) is 22.2 Å². The Hall–Kier alpha value is -2.54. The number of carboxylic acids is 1. The standard InChI is InChI=1S/C24H28N2O4S2/c1-23(2)8-10-25-11-9-24(3,4)18-19(25)15(23)12-14(20(18)29)6-5-7-16-21(30)26(13-17(27)28)22(31)32-16/h6-7,12,29-30H,8-11,13H2,1-4H3,(H,27,28). The molecule has 0 spiro atoms. The fourth-order valence-corrected chi connectivity index (χ4v) is 5.89. The van der Waals surface area contributed by atoms with Crippen LogP contribution in [-0.4, -0.2) is 38.9 Å². The lowest BCUT2D eigenvalue weighted by Gasteiger charge is -2.48. The second-order valence-electron chi connectivity index (χ2n) is 9.83. The van der Waals surface area contributed by atoms with E-state index in [0.717, 1.165) is 42.8 Å². The topological polar surface area (TPSA) is 85.9 Å². The molecule has 170 valence electrons. The van der Waals surface area contributed by atoms with Crippen LogP contribution >= 0.6 is 23.6 Å². The Balaban J connectivity index is 1.82. The van der Waals surface area contributed by atoms with Gasteiger partial charge in [-0.15, -0.1) is 17.1 Å². The molecule has 2 aromatic rings. The molecule has 0 saturated heterocycles. The van der Waals surface area contributed by atoms with Crippen LogP contribution in [0.1, 0.15) is 62.1 Å². The van der Waals surface area contributed by atoms with E-state index >= 15 is 0 Å². The molecular formula is C24H28N2O4S2. The number of aromatic hydroxyl groups is 2. The van der Waals surface area contributed by atoms with Gasteiger partial charge < -0.3 is 20.2 Å². The maximum absolute atomic E-state index is 11.3. The minimum absolute atomic E-state index is 0.000368. The van der Waals surface area contributed by atoms with E-state index in [0.29, 0.717) is 10.4 Å². The number of hydrogen-bond acceptors (Lipinski definition) is 6. The number of carboxylic acid groups (broad SMARTS) is 1. The van der Waals surface area contributed by atoms with Crippen molar-refractivity contribution in [3.05, 3.63) is 37.3 Å². The maximum Gasteiger partial charge on any atom is 0.323 e. The summed E-state index contributed by atoms with van der Waals surface area (Å²) in [7, 11) is 0. The van der Waals surface area contributed by atoms with Crippen molar-refractivity contribution in [2.45, 2.75) is 57.9 Å². The molecule has 0 amide bonds. The van der Waals surface area contributed by atoms with Gasteiger partial charge in [0.25, 0.3) is 0 Å². The molecule has 0 bridgehead atoms. The van der Waals surface area contributed by atoms with Crippen LogP contribution < -0.4 is 4.90 Å². The molecule has 32 heavy (non-hydrogen) atoms. The van der Waals surface area contributed by atoms with Gasteiger partial charge in [0.05, 0.1) is 4.88 Å². The summed E-state index contributed by atoms with van der Waals surface area (Å²) in [6.07, 6.45) is 5.32. The maximum atomic E-state index is 11.3. The number of aromatic nitrogens is 1. The zero-order valence-corrected chi connectivity index (χ0v) is 20.4. The first-order valence-corrected chi connectivity index (χ1v) is 11.9. The predicted molar refractivity (Wildman–Crippen MR) is 130 cm³/mol. The molecular weight excluding hydrogens is 444 g/mol. The van der Waals surface area contributed by atoms with Gasteiger partial charge in [0.2, 0.25) is 5.88 Å². The highest BCUT2D eigenvalue weighted by Crippen LogP contribution is 2.53. The van der Waals surface area contributed by atoms with E-state index in [4.69, 9.17) is 17.3 Å². The Labute approximate surface area is 196 Å². The monoisotopic (exact) mass is 472 g/mol. The van der Waals surface area contributed by atoms with Crippen molar-refractivity contribution in [1.82, 2.24) is 4.57 Å². The summed E-state index contributed by atoms with van der Waals surface area (Å²) in [5.74, 6) is -0.990. The summed E-state index contributed by atoms with van der Waals surface area (Å²) in [5, 5.41) is 30.6. The molecule has 8 heteroatoms. The molecule has 0 aliphatic carbocycles. The van der Waals surface area contributed by atoms with Gasteiger partial charge in [0.1, 0.15) is 12.3 Å². The zero-order chi connectivity index (χ0) is 23.4. The molecule has 1 aromatic carbocycles. The lowest BCUT2D eigenvalue weighted by molar-refractivity contribution is -0.137.